The Morgan fingerprint density at radius 2 is 2.05 bits per heavy atom. The maximum Gasteiger partial charge on any atom is 0.0991 e. The molecule has 2 rings (SSSR count). The van der Waals surface area contributed by atoms with E-state index in [4.69, 9.17) is 0 Å². The Bertz CT molecular complexity index is 497. The van der Waals surface area contributed by atoms with Gasteiger partial charge in [0.15, 0.2) is 0 Å². The molecule has 0 atom stereocenters. The minimum absolute atomic E-state index is 0.167. The number of nitrogens with zero attached hydrogens (tertiary/aromatic N) is 2. The molecule has 0 unspecified atom stereocenters. The first-order valence-electron chi connectivity index (χ1n) is 6.62. The van der Waals surface area contributed by atoms with Gasteiger partial charge in [-0.2, -0.15) is 0 Å². The number of aromatic nitrogens is 2. The number of nitrogens with one attached hydrogen (secondary N) is 2. The Balaban J connectivity index is 1.89. The summed E-state index contributed by atoms with van der Waals surface area (Å²) in [6.07, 6.45) is 5.54. The number of benzene rings is 1. The number of hydrogen-bond donors (Lipinski definition) is 2. The average molecular weight is 258 g/mol. The van der Waals surface area contributed by atoms with E-state index in [0.29, 0.717) is 0 Å². The normalized spacial score (nSPS) is 11.5. The van der Waals surface area contributed by atoms with Gasteiger partial charge in [0.1, 0.15) is 0 Å². The lowest BCUT2D eigenvalue weighted by Crippen LogP contribution is -2.38. The van der Waals surface area contributed by atoms with Crippen LogP contribution in [0.2, 0.25) is 0 Å². The summed E-state index contributed by atoms with van der Waals surface area (Å²) in [5.41, 5.74) is 2.41. The van der Waals surface area contributed by atoms with Crippen molar-refractivity contribution in [1.29, 1.82) is 0 Å². The zero-order valence-electron chi connectivity index (χ0n) is 11.9. The molecule has 1 heterocycles. The van der Waals surface area contributed by atoms with Crippen molar-refractivity contribution < 1.29 is 0 Å². The first kappa shape index (κ1) is 13.6. The van der Waals surface area contributed by atoms with Crippen LogP contribution in [-0.2, 0) is 0 Å². The standard InChI is InChI=1S/C15H22N4/c1-15(2,3)18-8-7-17-13-5-4-6-14(11-13)19-10-9-16-12-19/h4-6,9-12,17-18H,7-8H2,1-3H3. The molecule has 0 amide bonds. The van der Waals surface area contributed by atoms with Crippen LogP contribution in [0.15, 0.2) is 43.0 Å². The molecule has 0 aliphatic rings. The summed E-state index contributed by atoms with van der Waals surface area (Å²) in [5, 5.41) is 6.88. The maximum absolute atomic E-state index is 4.06. The summed E-state index contributed by atoms with van der Waals surface area (Å²) in [4.78, 5) is 4.06. The molecule has 1 aromatic heterocycles. The highest BCUT2D eigenvalue weighted by Crippen LogP contribution is 2.13. The van der Waals surface area contributed by atoms with E-state index in [1.807, 2.05) is 10.8 Å². The molecule has 2 N–H and O–H groups in total. The second-order valence-electron chi connectivity index (χ2n) is 5.62. The molecular weight excluding hydrogens is 236 g/mol. The summed E-state index contributed by atoms with van der Waals surface area (Å²) in [5.74, 6) is 0. The molecule has 0 saturated carbocycles. The summed E-state index contributed by atoms with van der Waals surface area (Å²) in [6.45, 7) is 8.37. The Labute approximate surface area is 114 Å². The summed E-state index contributed by atoms with van der Waals surface area (Å²) >= 11 is 0. The van der Waals surface area contributed by atoms with Crippen LogP contribution in [0.4, 0.5) is 5.69 Å². The van der Waals surface area contributed by atoms with Crippen molar-refractivity contribution in [2.24, 2.45) is 0 Å². The topological polar surface area (TPSA) is 41.9 Å². The summed E-state index contributed by atoms with van der Waals surface area (Å²) in [6, 6.07) is 8.32. The minimum atomic E-state index is 0.167. The second-order valence-corrected chi connectivity index (χ2v) is 5.62. The molecule has 0 spiro atoms. The molecule has 2 aromatic rings. The van der Waals surface area contributed by atoms with Crippen LogP contribution >= 0.6 is 0 Å². The van der Waals surface area contributed by atoms with E-state index in [2.05, 4.69) is 60.7 Å². The molecule has 0 aliphatic carbocycles. The highest BCUT2D eigenvalue weighted by molar-refractivity contribution is 5.51. The molecular formula is C15H22N4. The lowest BCUT2D eigenvalue weighted by atomic mass is 10.1. The van der Waals surface area contributed by atoms with Gasteiger partial charge in [-0.05, 0) is 39.0 Å². The van der Waals surface area contributed by atoms with Crippen molar-refractivity contribution in [3.05, 3.63) is 43.0 Å². The largest absolute Gasteiger partial charge is 0.384 e. The molecule has 0 radical (unpaired) electrons. The van der Waals surface area contributed by atoms with Gasteiger partial charge in [0, 0.05) is 42.4 Å². The zero-order valence-corrected chi connectivity index (χ0v) is 11.9. The van der Waals surface area contributed by atoms with Crippen LogP contribution in [0.1, 0.15) is 20.8 Å². The van der Waals surface area contributed by atoms with Gasteiger partial charge in [-0.1, -0.05) is 6.07 Å². The van der Waals surface area contributed by atoms with Crippen LogP contribution in [0, 0.1) is 0 Å². The van der Waals surface area contributed by atoms with Gasteiger partial charge in [-0.25, -0.2) is 4.98 Å². The van der Waals surface area contributed by atoms with Gasteiger partial charge in [-0.15, -0.1) is 0 Å². The number of imidazole rings is 1. The Kier molecular flexibility index (Phi) is 4.22. The first-order chi connectivity index (χ1) is 9.04. The quantitative estimate of drug-likeness (QED) is 0.810. The van der Waals surface area contributed by atoms with Gasteiger partial charge >= 0.3 is 0 Å². The van der Waals surface area contributed by atoms with Gasteiger partial charge in [0.2, 0.25) is 0 Å². The van der Waals surface area contributed by atoms with E-state index in [-0.39, 0.29) is 5.54 Å². The lowest BCUT2D eigenvalue weighted by Gasteiger charge is -2.20. The molecule has 0 aliphatic heterocycles. The Morgan fingerprint density at radius 1 is 1.21 bits per heavy atom. The molecule has 1 aromatic carbocycles. The predicted molar refractivity (Wildman–Crippen MR) is 79.8 cm³/mol. The van der Waals surface area contributed by atoms with Crippen LogP contribution in [0.25, 0.3) is 5.69 Å². The molecule has 4 nitrogen and oxygen atoms in total. The second kappa shape index (κ2) is 5.89. The SMILES string of the molecule is CC(C)(C)NCCNc1cccc(-n2ccnc2)c1. The highest BCUT2D eigenvalue weighted by Gasteiger charge is 2.07. The van der Waals surface area contributed by atoms with Crippen LogP contribution in [0.5, 0.6) is 0 Å². The molecule has 0 fully saturated rings. The van der Waals surface area contributed by atoms with Crippen molar-refractivity contribution in [2.75, 3.05) is 18.4 Å². The van der Waals surface area contributed by atoms with Gasteiger partial charge in [-0.3, -0.25) is 0 Å². The fourth-order valence-electron chi connectivity index (χ4n) is 1.83. The summed E-state index contributed by atoms with van der Waals surface area (Å²) < 4.78 is 2.00. The first-order valence-corrected chi connectivity index (χ1v) is 6.62. The highest BCUT2D eigenvalue weighted by atomic mass is 15.0. The van der Waals surface area contributed by atoms with Crippen molar-refractivity contribution in [3.8, 4) is 5.69 Å². The maximum atomic E-state index is 4.06. The zero-order chi connectivity index (χ0) is 13.7. The van der Waals surface area contributed by atoms with E-state index in [9.17, 15) is 0 Å². The predicted octanol–water partition coefficient (Wildman–Crippen LogP) is 2.67. The fraction of sp³-hybridized carbons (Fsp3) is 0.400. The Morgan fingerprint density at radius 3 is 2.74 bits per heavy atom. The van der Waals surface area contributed by atoms with E-state index in [0.717, 1.165) is 24.5 Å². The van der Waals surface area contributed by atoms with Crippen molar-refractivity contribution >= 4 is 5.69 Å². The number of anilines is 1. The van der Waals surface area contributed by atoms with Crippen LogP contribution in [0.3, 0.4) is 0 Å². The molecule has 19 heavy (non-hydrogen) atoms. The van der Waals surface area contributed by atoms with Gasteiger partial charge < -0.3 is 15.2 Å². The van der Waals surface area contributed by atoms with Crippen LogP contribution < -0.4 is 10.6 Å². The van der Waals surface area contributed by atoms with Crippen molar-refractivity contribution in [1.82, 2.24) is 14.9 Å². The van der Waals surface area contributed by atoms with Crippen molar-refractivity contribution in [3.63, 3.8) is 0 Å². The van der Waals surface area contributed by atoms with Crippen molar-refractivity contribution in [2.45, 2.75) is 26.3 Å². The molecule has 0 saturated heterocycles. The molecule has 0 bridgehead atoms. The number of rotatable bonds is 5. The Hall–Kier alpha value is -1.81. The summed E-state index contributed by atoms with van der Waals surface area (Å²) in [7, 11) is 0. The van der Waals surface area contributed by atoms with E-state index in [1.165, 1.54) is 0 Å². The third kappa shape index (κ3) is 4.41. The smallest absolute Gasteiger partial charge is 0.0991 e. The fourth-order valence-corrected chi connectivity index (χ4v) is 1.83. The lowest BCUT2D eigenvalue weighted by molar-refractivity contribution is 0.435. The average Bonchev–Trinajstić information content (AvgIpc) is 2.88. The van der Waals surface area contributed by atoms with E-state index < -0.39 is 0 Å². The minimum Gasteiger partial charge on any atom is -0.384 e. The number of hydrogen-bond acceptors (Lipinski definition) is 3. The van der Waals surface area contributed by atoms with E-state index >= 15 is 0 Å². The third-order valence-corrected chi connectivity index (χ3v) is 2.76. The molecule has 4 heteroatoms. The monoisotopic (exact) mass is 258 g/mol. The van der Waals surface area contributed by atoms with Gasteiger partial charge in [0.05, 0.1) is 6.33 Å². The molecule has 102 valence electrons. The van der Waals surface area contributed by atoms with Gasteiger partial charge in [0.25, 0.3) is 0 Å². The third-order valence-electron chi connectivity index (χ3n) is 2.76. The van der Waals surface area contributed by atoms with E-state index in [1.54, 1.807) is 12.5 Å². The van der Waals surface area contributed by atoms with Crippen LogP contribution in [-0.4, -0.2) is 28.2 Å².